The Balaban J connectivity index is 1.68. The predicted octanol–water partition coefficient (Wildman–Crippen LogP) is 40.2. The van der Waals surface area contributed by atoms with Crippen molar-refractivity contribution in [1.29, 1.82) is 0 Å². The summed E-state index contributed by atoms with van der Waals surface area (Å²) in [6, 6.07) is 18.7. The van der Waals surface area contributed by atoms with Gasteiger partial charge in [0, 0.05) is 41.2 Å². The number of nitrogens with one attached hydrogen (secondary N) is 2. The molecule has 0 aliphatic rings. The summed E-state index contributed by atoms with van der Waals surface area (Å²) in [6.45, 7) is 17.5. The molecule has 1 heterocycles. The smallest absolute Gasteiger partial charge is 0.232 e. The van der Waals surface area contributed by atoms with Crippen molar-refractivity contribution in [1.82, 2.24) is 15.0 Å². The van der Waals surface area contributed by atoms with E-state index in [1.165, 1.54) is 462 Å². The van der Waals surface area contributed by atoms with Crippen LogP contribution in [0.25, 0.3) is 11.4 Å². The fourth-order valence-corrected chi connectivity index (χ4v) is 18.3. The highest BCUT2D eigenvalue weighted by atomic mass is 16.5. The molecular weight excluding hydrogens is 1570 g/mol. The Bertz CT molecular complexity index is 2700. The van der Waals surface area contributed by atoms with Crippen LogP contribution in [0.4, 0.5) is 23.3 Å². The first-order chi connectivity index (χ1) is 63.5. The van der Waals surface area contributed by atoms with Crippen LogP contribution in [0.3, 0.4) is 0 Å². The molecule has 0 radical (unpaired) electrons. The molecule has 4 aromatic rings. The molecule has 128 heavy (non-hydrogen) atoms. The first-order valence-corrected chi connectivity index (χ1v) is 57.0. The zero-order chi connectivity index (χ0) is 90.7. The zero-order valence-corrected chi connectivity index (χ0v) is 85.6. The Labute approximate surface area is 793 Å². The van der Waals surface area contributed by atoms with Gasteiger partial charge in [-0.2, -0.15) is 15.0 Å². The number of aromatic nitrogens is 3. The summed E-state index contributed by atoms with van der Waals surface area (Å²) in [5.74, 6) is 5.61. The number of benzene rings is 3. The highest BCUT2D eigenvalue weighted by Gasteiger charge is 2.22. The average Bonchev–Trinajstić information content (AvgIpc) is 0.804. The summed E-state index contributed by atoms with van der Waals surface area (Å²) in [6.07, 6.45) is 111. The van der Waals surface area contributed by atoms with Crippen molar-refractivity contribution in [3.63, 3.8) is 0 Å². The summed E-state index contributed by atoms with van der Waals surface area (Å²) >= 11 is 0. The van der Waals surface area contributed by atoms with E-state index in [1.54, 1.807) is 0 Å². The van der Waals surface area contributed by atoms with E-state index in [9.17, 15) is 0 Å². The molecule has 4 rings (SSSR count). The fraction of sp³-hybridized carbons (Fsp3) is 0.821. The number of ether oxygens (including phenoxy) is 6. The molecule has 0 amide bonds. The molecule has 738 valence electrons. The summed E-state index contributed by atoms with van der Waals surface area (Å²) in [7, 11) is 0. The van der Waals surface area contributed by atoms with E-state index in [0.29, 0.717) is 91.9 Å². The molecule has 0 saturated carbocycles. The van der Waals surface area contributed by atoms with E-state index >= 15 is 0 Å². The van der Waals surface area contributed by atoms with Crippen molar-refractivity contribution in [3.8, 4) is 45.9 Å². The van der Waals surface area contributed by atoms with Crippen molar-refractivity contribution < 1.29 is 28.4 Å². The van der Waals surface area contributed by atoms with E-state index in [0.717, 1.165) is 94.0 Å². The van der Waals surface area contributed by atoms with E-state index in [-0.39, 0.29) is 0 Å². The van der Waals surface area contributed by atoms with Gasteiger partial charge in [-0.05, 0) is 38.5 Å². The van der Waals surface area contributed by atoms with Crippen LogP contribution in [-0.2, 0) is 0 Å². The highest BCUT2D eigenvalue weighted by molar-refractivity contribution is 5.70. The molecule has 0 atom stereocenters. The van der Waals surface area contributed by atoms with Gasteiger partial charge in [0.1, 0.15) is 0 Å². The summed E-state index contributed by atoms with van der Waals surface area (Å²) in [4.78, 5) is 15.7. The third kappa shape index (κ3) is 67.3. The minimum atomic E-state index is 0.407. The maximum absolute atomic E-state index is 6.99. The minimum absolute atomic E-state index is 0.407. The Morgan fingerprint density at radius 2 is 0.336 bits per heavy atom. The second-order valence-corrected chi connectivity index (χ2v) is 39.2. The minimum Gasteiger partial charge on any atom is -0.489 e. The predicted molar refractivity (Wildman–Crippen MR) is 560 cm³/mol. The number of hydrogen-bond acceptors (Lipinski definition) is 11. The topological polar surface area (TPSA) is 118 Å². The lowest BCUT2D eigenvalue weighted by Gasteiger charge is -2.20. The molecule has 2 N–H and O–H groups in total. The van der Waals surface area contributed by atoms with Gasteiger partial charge in [0.05, 0.1) is 39.6 Å². The summed E-state index contributed by atoms with van der Waals surface area (Å²) in [5, 5.41) is 7.46. The molecule has 0 unspecified atom stereocenters. The zero-order valence-electron chi connectivity index (χ0n) is 85.6. The Kier molecular flexibility index (Phi) is 81.0. The molecule has 0 saturated heterocycles. The van der Waals surface area contributed by atoms with Crippen molar-refractivity contribution in [3.05, 3.63) is 54.6 Å². The molecule has 3 aromatic carbocycles. The first kappa shape index (κ1) is 115. The quantitative estimate of drug-likeness (QED) is 0.0412. The standard InChI is InChI=1S/C117H209N5O6/c1-7-13-19-25-31-37-43-49-55-61-67-73-79-88-96-123-109-102-107(103-110(124-97-89-80-74-68-62-56-50-44-38-32-26-20-14-8-2)113(109)127-100-92-83-77-71-65-59-53-47-41-35-29-23-17-11-5)118-116-120-115(106-94-86-85-87-95-106)121-117(122-116)119-108-104-111(125-98-90-81-75-69-63-57-51-45-39-33-27-21-15-9-3)114(128-101-93-84-78-72-66-60-54-48-42-36-30-24-18-12-6)112(105-108)126-99-91-82-76-70-64-58-52-46-40-34-28-22-16-10-4/h85-87,94-95,102-105H,7-84,88-93,96-101H2,1-6H3,(H2,118,119,120,121,122). The van der Waals surface area contributed by atoms with Gasteiger partial charge in [-0.1, -0.05) is 573 Å². The number of anilines is 4. The van der Waals surface area contributed by atoms with Gasteiger partial charge in [-0.15, -0.1) is 0 Å². The van der Waals surface area contributed by atoms with Gasteiger partial charge < -0.3 is 39.1 Å². The van der Waals surface area contributed by atoms with Crippen LogP contribution >= 0.6 is 0 Å². The maximum Gasteiger partial charge on any atom is 0.232 e. The Morgan fingerprint density at radius 1 is 0.180 bits per heavy atom. The second kappa shape index (κ2) is 89.9. The molecule has 0 aliphatic heterocycles. The van der Waals surface area contributed by atoms with Crippen molar-refractivity contribution >= 4 is 23.3 Å². The van der Waals surface area contributed by atoms with E-state index in [4.69, 9.17) is 43.4 Å². The van der Waals surface area contributed by atoms with Crippen LogP contribution in [-0.4, -0.2) is 54.6 Å². The van der Waals surface area contributed by atoms with Gasteiger partial charge in [-0.25, -0.2) is 0 Å². The monoisotopic (exact) mass is 1780 g/mol. The molecule has 0 fully saturated rings. The second-order valence-electron chi connectivity index (χ2n) is 39.2. The lowest BCUT2D eigenvalue weighted by atomic mass is 10.0. The van der Waals surface area contributed by atoms with Crippen molar-refractivity contribution in [2.24, 2.45) is 0 Å². The average molecular weight is 1780 g/mol. The largest absolute Gasteiger partial charge is 0.489 e. The molecule has 11 nitrogen and oxygen atoms in total. The van der Waals surface area contributed by atoms with Gasteiger partial charge in [0.25, 0.3) is 0 Å². The van der Waals surface area contributed by atoms with Crippen molar-refractivity contribution in [2.45, 2.75) is 581 Å². The molecule has 1 aromatic heterocycles. The number of nitrogens with zero attached hydrogens (tertiary/aromatic N) is 3. The van der Waals surface area contributed by atoms with E-state index in [2.05, 4.69) is 107 Å². The van der Waals surface area contributed by atoms with Gasteiger partial charge in [0.2, 0.25) is 23.4 Å². The molecule has 11 heteroatoms. The van der Waals surface area contributed by atoms with Crippen LogP contribution in [0.5, 0.6) is 34.5 Å². The van der Waals surface area contributed by atoms with Gasteiger partial charge >= 0.3 is 0 Å². The number of hydrogen-bond donors (Lipinski definition) is 2. The van der Waals surface area contributed by atoms with Crippen molar-refractivity contribution in [2.75, 3.05) is 50.3 Å². The lowest BCUT2D eigenvalue weighted by molar-refractivity contribution is 0.234. The third-order valence-electron chi connectivity index (χ3n) is 26.7. The van der Waals surface area contributed by atoms with Crippen LogP contribution in [0.15, 0.2) is 54.6 Å². The van der Waals surface area contributed by atoms with E-state index in [1.807, 2.05) is 0 Å². The van der Waals surface area contributed by atoms with Crippen LogP contribution in [0.2, 0.25) is 0 Å². The maximum atomic E-state index is 6.99. The molecule has 0 bridgehead atoms. The molecular formula is C117H209N5O6. The number of unbranched alkanes of at least 4 members (excludes halogenated alkanes) is 78. The van der Waals surface area contributed by atoms with Gasteiger partial charge in [-0.3, -0.25) is 0 Å². The fourth-order valence-electron chi connectivity index (χ4n) is 18.3. The Hall–Kier alpha value is -4.93. The Morgan fingerprint density at radius 3 is 0.508 bits per heavy atom. The van der Waals surface area contributed by atoms with Crippen LogP contribution < -0.4 is 39.1 Å². The van der Waals surface area contributed by atoms with Crippen LogP contribution in [0.1, 0.15) is 581 Å². The van der Waals surface area contributed by atoms with Crippen LogP contribution in [0, 0.1) is 0 Å². The SMILES string of the molecule is CCCCCCCCCCCCCCCCOc1cc(Nc2nc(Nc3cc(OCCCCCCCCCCCCCCCC)c(OCCCCCCCCCCCCCCCC)c(OCCCCCCCCCCCCCCCC)c3)nc(-c3ccccc3)n2)cc(OCCCCCCCCCCCCCCCC)c1OCCCCCCCCCCCCCCCC. The lowest BCUT2D eigenvalue weighted by Crippen LogP contribution is -2.09. The van der Waals surface area contributed by atoms with Gasteiger partial charge in [0.15, 0.2) is 28.8 Å². The summed E-state index contributed by atoms with van der Waals surface area (Å²) < 4.78 is 41.9. The summed E-state index contributed by atoms with van der Waals surface area (Å²) in [5.41, 5.74) is 2.44. The molecule has 0 spiro atoms. The highest BCUT2D eigenvalue weighted by Crippen LogP contribution is 2.44. The number of rotatable bonds is 101. The third-order valence-corrected chi connectivity index (χ3v) is 26.7. The normalized spacial score (nSPS) is 11.5. The van der Waals surface area contributed by atoms with E-state index < -0.39 is 0 Å². The molecule has 0 aliphatic carbocycles. The first-order valence-electron chi connectivity index (χ1n) is 57.0.